The van der Waals surface area contributed by atoms with E-state index in [2.05, 4.69) is 11.2 Å². The summed E-state index contributed by atoms with van der Waals surface area (Å²) in [5.41, 5.74) is 1.01. The van der Waals surface area contributed by atoms with Gasteiger partial charge in [0.2, 0.25) is 0 Å². The van der Waals surface area contributed by atoms with Crippen molar-refractivity contribution in [3.8, 4) is 0 Å². The van der Waals surface area contributed by atoms with Gasteiger partial charge in [0, 0.05) is 43.1 Å². The smallest absolute Gasteiger partial charge is 0.293 e. The molecule has 0 N–H and O–H groups in total. The van der Waals surface area contributed by atoms with Gasteiger partial charge >= 0.3 is 0 Å². The summed E-state index contributed by atoms with van der Waals surface area (Å²) in [5.74, 6) is -0.166. The molecular formula is C18H25N3O4S. The SMILES string of the molecule is CSC1CCCCN(c2ccc(C(=O)N3CCOCC3)cc2[N+](=O)[O-])C1. The second-order valence-corrected chi connectivity index (χ2v) is 7.80. The average molecular weight is 379 g/mol. The van der Waals surface area contributed by atoms with Crippen LogP contribution >= 0.6 is 11.8 Å². The molecule has 0 radical (unpaired) electrons. The first-order valence-corrected chi connectivity index (χ1v) is 10.3. The average Bonchev–Trinajstić information content (AvgIpc) is 2.93. The third kappa shape index (κ3) is 4.29. The molecule has 1 amide bonds. The van der Waals surface area contributed by atoms with E-state index in [1.54, 1.807) is 17.0 Å². The quantitative estimate of drug-likeness (QED) is 0.591. The molecule has 0 saturated carbocycles. The summed E-state index contributed by atoms with van der Waals surface area (Å²) in [6.45, 7) is 3.69. The number of ether oxygens (including phenoxy) is 1. The lowest BCUT2D eigenvalue weighted by molar-refractivity contribution is -0.384. The van der Waals surface area contributed by atoms with Crippen molar-refractivity contribution in [2.24, 2.45) is 0 Å². The van der Waals surface area contributed by atoms with Crippen LogP contribution in [0.2, 0.25) is 0 Å². The van der Waals surface area contributed by atoms with Gasteiger partial charge in [-0.3, -0.25) is 14.9 Å². The highest BCUT2D eigenvalue weighted by Crippen LogP contribution is 2.33. The number of carbonyl (C=O) groups excluding carboxylic acids is 1. The topological polar surface area (TPSA) is 75.9 Å². The molecule has 26 heavy (non-hydrogen) atoms. The van der Waals surface area contributed by atoms with Gasteiger partial charge in [-0.1, -0.05) is 6.42 Å². The molecule has 8 heteroatoms. The fourth-order valence-corrected chi connectivity index (χ4v) is 4.26. The number of anilines is 1. The second kappa shape index (κ2) is 8.73. The van der Waals surface area contributed by atoms with Crippen LogP contribution in [0, 0.1) is 10.1 Å². The number of rotatable bonds is 4. The maximum Gasteiger partial charge on any atom is 0.293 e. The van der Waals surface area contributed by atoms with Crippen molar-refractivity contribution in [2.75, 3.05) is 50.5 Å². The van der Waals surface area contributed by atoms with Crippen molar-refractivity contribution in [1.29, 1.82) is 0 Å². The lowest BCUT2D eigenvalue weighted by Gasteiger charge is -2.28. The number of hydrogen-bond donors (Lipinski definition) is 0. The van der Waals surface area contributed by atoms with E-state index in [0.29, 0.717) is 42.8 Å². The first-order chi connectivity index (χ1) is 12.6. The number of carbonyl (C=O) groups is 1. The standard InChI is InChI=1S/C18H25N3O4S/c1-26-15-4-2-3-7-20(13-15)16-6-5-14(12-17(16)21(23)24)18(22)19-8-10-25-11-9-19/h5-6,12,15H,2-4,7-11,13H2,1H3. The number of benzene rings is 1. The van der Waals surface area contributed by atoms with Gasteiger partial charge in [-0.15, -0.1) is 0 Å². The zero-order valence-electron chi connectivity index (χ0n) is 15.1. The number of amides is 1. The van der Waals surface area contributed by atoms with E-state index in [-0.39, 0.29) is 16.5 Å². The molecule has 0 aliphatic carbocycles. The molecular weight excluding hydrogens is 354 g/mol. The lowest BCUT2D eigenvalue weighted by Crippen LogP contribution is -2.40. The summed E-state index contributed by atoms with van der Waals surface area (Å²) in [5, 5.41) is 12.2. The fraction of sp³-hybridized carbons (Fsp3) is 0.611. The summed E-state index contributed by atoms with van der Waals surface area (Å²) < 4.78 is 5.27. The first-order valence-electron chi connectivity index (χ1n) is 9.03. The Hall–Kier alpha value is -1.80. The van der Waals surface area contributed by atoms with Gasteiger partial charge in [-0.25, -0.2) is 0 Å². The molecule has 2 fully saturated rings. The zero-order chi connectivity index (χ0) is 18.5. The third-order valence-electron chi connectivity index (χ3n) is 5.02. The van der Waals surface area contributed by atoms with E-state index in [0.717, 1.165) is 32.4 Å². The van der Waals surface area contributed by atoms with E-state index in [4.69, 9.17) is 4.74 Å². The monoisotopic (exact) mass is 379 g/mol. The number of morpholine rings is 1. The highest BCUT2D eigenvalue weighted by Gasteiger charge is 2.27. The van der Waals surface area contributed by atoms with Crippen LogP contribution in [-0.4, -0.2) is 66.6 Å². The lowest BCUT2D eigenvalue weighted by atomic mass is 10.1. The van der Waals surface area contributed by atoms with Crippen molar-refractivity contribution in [3.05, 3.63) is 33.9 Å². The van der Waals surface area contributed by atoms with E-state index in [9.17, 15) is 14.9 Å². The molecule has 0 spiro atoms. The van der Waals surface area contributed by atoms with Gasteiger partial charge in [0.25, 0.3) is 11.6 Å². The Bertz CT molecular complexity index is 664. The molecule has 7 nitrogen and oxygen atoms in total. The summed E-state index contributed by atoms with van der Waals surface area (Å²) in [6.07, 6.45) is 5.40. The van der Waals surface area contributed by atoms with Gasteiger partial charge < -0.3 is 14.5 Å². The molecule has 1 aromatic rings. The fourth-order valence-electron chi connectivity index (χ4n) is 3.53. The minimum atomic E-state index is -0.371. The predicted molar refractivity (Wildman–Crippen MR) is 103 cm³/mol. The van der Waals surface area contributed by atoms with Gasteiger partial charge in [-0.05, 0) is 31.2 Å². The second-order valence-electron chi connectivity index (χ2n) is 6.66. The molecule has 2 aliphatic heterocycles. The number of nitro benzene ring substituents is 1. The van der Waals surface area contributed by atoms with Crippen LogP contribution < -0.4 is 4.90 Å². The molecule has 3 rings (SSSR count). The normalized spacial score (nSPS) is 21.3. The summed E-state index contributed by atoms with van der Waals surface area (Å²) >= 11 is 1.81. The Labute approximate surface area is 157 Å². The number of nitro groups is 1. The van der Waals surface area contributed by atoms with Crippen molar-refractivity contribution in [1.82, 2.24) is 4.90 Å². The Morgan fingerprint density at radius 2 is 2.04 bits per heavy atom. The molecule has 1 aromatic carbocycles. The number of nitrogens with zero attached hydrogens (tertiary/aromatic N) is 3. The Balaban J connectivity index is 1.86. The van der Waals surface area contributed by atoms with Gasteiger partial charge in [0.05, 0.1) is 18.1 Å². The van der Waals surface area contributed by atoms with Crippen LogP contribution in [0.15, 0.2) is 18.2 Å². The molecule has 2 heterocycles. The Morgan fingerprint density at radius 3 is 2.73 bits per heavy atom. The molecule has 0 aromatic heterocycles. The third-order valence-corrected chi connectivity index (χ3v) is 6.07. The summed E-state index contributed by atoms with van der Waals surface area (Å²) in [7, 11) is 0. The molecule has 2 aliphatic rings. The highest BCUT2D eigenvalue weighted by atomic mass is 32.2. The van der Waals surface area contributed by atoms with Crippen LogP contribution in [0.4, 0.5) is 11.4 Å². The zero-order valence-corrected chi connectivity index (χ0v) is 15.9. The number of hydrogen-bond acceptors (Lipinski definition) is 6. The summed E-state index contributed by atoms with van der Waals surface area (Å²) in [4.78, 5) is 27.8. The first kappa shape index (κ1) is 19.0. The van der Waals surface area contributed by atoms with E-state index < -0.39 is 0 Å². The minimum absolute atomic E-state index is 0.0193. The largest absolute Gasteiger partial charge is 0.378 e. The number of thioether (sulfide) groups is 1. The maximum absolute atomic E-state index is 12.6. The molecule has 2 saturated heterocycles. The van der Waals surface area contributed by atoms with Gasteiger partial charge in [0.15, 0.2) is 0 Å². The van der Waals surface area contributed by atoms with Crippen molar-refractivity contribution < 1.29 is 14.5 Å². The van der Waals surface area contributed by atoms with Crippen LogP contribution in [0.5, 0.6) is 0 Å². The highest BCUT2D eigenvalue weighted by molar-refractivity contribution is 7.99. The van der Waals surface area contributed by atoms with Crippen molar-refractivity contribution >= 4 is 29.0 Å². The Kier molecular flexibility index (Phi) is 6.37. The van der Waals surface area contributed by atoms with E-state index >= 15 is 0 Å². The van der Waals surface area contributed by atoms with Crippen LogP contribution in [-0.2, 0) is 4.74 Å². The van der Waals surface area contributed by atoms with E-state index in [1.165, 1.54) is 6.07 Å². The molecule has 142 valence electrons. The molecule has 0 bridgehead atoms. The van der Waals surface area contributed by atoms with Gasteiger partial charge in [0.1, 0.15) is 5.69 Å². The molecule has 1 unspecified atom stereocenters. The van der Waals surface area contributed by atoms with Gasteiger partial charge in [-0.2, -0.15) is 11.8 Å². The van der Waals surface area contributed by atoms with Crippen LogP contribution in [0.25, 0.3) is 0 Å². The molecule has 1 atom stereocenters. The van der Waals surface area contributed by atoms with Crippen molar-refractivity contribution in [3.63, 3.8) is 0 Å². The predicted octanol–water partition coefficient (Wildman–Crippen LogP) is 2.79. The maximum atomic E-state index is 12.6. The van der Waals surface area contributed by atoms with Crippen molar-refractivity contribution in [2.45, 2.75) is 24.5 Å². The van der Waals surface area contributed by atoms with E-state index in [1.807, 2.05) is 11.8 Å². The minimum Gasteiger partial charge on any atom is -0.378 e. The Morgan fingerprint density at radius 1 is 1.27 bits per heavy atom. The van der Waals surface area contributed by atoms with Crippen LogP contribution in [0.3, 0.4) is 0 Å². The van der Waals surface area contributed by atoms with Crippen LogP contribution in [0.1, 0.15) is 29.6 Å². The summed E-state index contributed by atoms with van der Waals surface area (Å²) in [6, 6.07) is 4.90.